The van der Waals surface area contributed by atoms with Crippen molar-refractivity contribution in [3.8, 4) is 0 Å². The minimum absolute atomic E-state index is 0.0424. The number of carbonyl (C=O) groups is 1. The van der Waals surface area contributed by atoms with Crippen LogP contribution in [0.3, 0.4) is 0 Å². The van der Waals surface area contributed by atoms with E-state index in [1.54, 1.807) is 12.1 Å². The van der Waals surface area contributed by atoms with Crippen molar-refractivity contribution < 1.29 is 9.18 Å². The Bertz CT molecular complexity index is 633. The van der Waals surface area contributed by atoms with Crippen molar-refractivity contribution in [2.45, 2.75) is 13.0 Å². The van der Waals surface area contributed by atoms with Crippen LogP contribution >= 0.6 is 15.9 Å². The summed E-state index contributed by atoms with van der Waals surface area (Å²) in [4.78, 5) is 11.8. The molecule has 1 atom stereocenters. The third kappa shape index (κ3) is 4.95. The lowest BCUT2D eigenvalue weighted by atomic mass is 10.1. The predicted octanol–water partition coefficient (Wildman–Crippen LogP) is 3.88. The molecule has 0 saturated carbocycles. The van der Waals surface area contributed by atoms with Crippen LogP contribution in [0, 0.1) is 5.82 Å². The maximum absolute atomic E-state index is 13.0. The first-order valence-corrected chi connectivity index (χ1v) is 7.38. The van der Waals surface area contributed by atoms with Gasteiger partial charge in [-0.1, -0.05) is 34.1 Å². The molecular weight excluding hydrogens is 335 g/mol. The zero-order valence-electron chi connectivity index (χ0n) is 11.6. The standard InChI is InChI=1S/C16H16BrFN2O/c1-11(12-4-2-5-13(17)8-12)19-10-16(21)20-15-7-3-6-14(18)9-15/h2-9,11,19H,10H2,1H3,(H,20,21)/t11-/m0/s1. The quantitative estimate of drug-likeness (QED) is 0.859. The van der Waals surface area contributed by atoms with Gasteiger partial charge in [0.2, 0.25) is 5.91 Å². The van der Waals surface area contributed by atoms with Gasteiger partial charge >= 0.3 is 0 Å². The summed E-state index contributed by atoms with van der Waals surface area (Å²) in [6, 6.07) is 13.8. The Balaban J connectivity index is 1.86. The van der Waals surface area contributed by atoms with Crippen LogP contribution in [0.1, 0.15) is 18.5 Å². The van der Waals surface area contributed by atoms with E-state index in [1.807, 2.05) is 31.2 Å². The molecule has 0 unspecified atom stereocenters. The highest BCUT2D eigenvalue weighted by Gasteiger charge is 2.08. The lowest BCUT2D eigenvalue weighted by Crippen LogP contribution is -2.30. The van der Waals surface area contributed by atoms with E-state index in [-0.39, 0.29) is 24.3 Å². The molecule has 0 aliphatic heterocycles. The van der Waals surface area contributed by atoms with Gasteiger partial charge in [-0.2, -0.15) is 0 Å². The lowest BCUT2D eigenvalue weighted by Gasteiger charge is -2.14. The second kappa shape index (κ2) is 7.33. The Morgan fingerprint density at radius 3 is 2.71 bits per heavy atom. The van der Waals surface area contributed by atoms with Crippen LogP contribution in [0.25, 0.3) is 0 Å². The average molecular weight is 351 g/mol. The molecule has 0 radical (unpaired) electrons. The minimum atomic E-state index is -0.372. The van der Waals surface area contributed by atoms with Crippen LogP contribution in [-0.2, 0) is 4.79 Å². The number of hydrogen-bond acceptors (Lipinski definition) is 2. The molecule has 21 heavy (non-hydrogen) atoms. The van der Waals surface area contributed by atoms with E-state index < -0.39 is 0 Å². The highest BCUT2D eigenvalue weighted by molar-refractivity contribution is 9.10. The molecule has 0 spiro atoms. The van der Waals surface area contributed by atoms with E-state index in [9.17, 15) is 9.18 Å². The molecule has 0 heterocycles. The average Bonchev–Trinajstić information content (AvgIpc) is 2.45. The Labute approximate surface area is 131 Å². The summed E-state index contributed by atoms with van der Waals surface area (Å²) in [6.45, 7) is 2.14. The van der Waals surface area contributed by atoms with E-state index >= 15 is 0 Å². The number of amides is 1. The van der Waals surface area contributed by atoms with E-state index in [2.05, 4.69) is 26.6 Å². The topological polar surface area (TPSA) is 41.1 Å². The van der Waals surface area contributed by atoms with Crippen LogP contribution in [0.2, 0.25) is 0 Å². The molecule has 0 saturated heterocycles. The maximum Gasteiger partial charge on any atom is 0.238 e. The fourth-order valence-electron chi connectivity index (χ4n) is 1.91. The van der Waals surface area contributed by atoms with Gasteiger partial charge < -0.3 is 10.6 Å². The Morgan fingerprint density at radius 2 is 2.00 bits per heavy atom. The highest BCUT2D eigenvalue weighted by Crippen LogP contribution is 2.17. The van der Waals surface area contributed by atoms with Crippen molar-refractivity contribution in [3.05, 3.63) is 64.4 Å². The van der Waals surface area contributed by atoms with Gasteiger partial charge in [-0.3, -0.25) is 4.79 Å². The second-order valence-corrected chi connectivity index (χ2v) is 5.63. The number of hydrogen-bond donors (Lipinski definition) is 2. The zero-order valence-corrected chi connectivity index (χ0v) is 13.2. The van der Waals surface area contributed by atoms with E-state index in [4.69, 9.17) is 0 Å². The first-order valence-electron chi connectivity index (χ1n) is 6.59. The largest absolute Gasteiger partial charge is 0.325 e. The van der Waals surface area contributed by atoms with Gasteiger partial charge in [0.1, 0.15) is 5.82 Å². The number of nitrogens with one attached hydrogen (secondary N) is 2. The van der Waals surface area contributed by atoms with Crippen molar-refractivity contribution >= 4 is 27.5 Å². The number of halogens is 2. The van der Waals surface area contributed by atoms with Crippen LogP contribution in [0.4, 0.5) is 10.1 Å². The molecule has 110 valence electrons. The normalized spacial score (nSPS) is 12.0. The molecule has 0 aliphatic rings. The van der Waals surface area contributed by atoms with Crippen LogP contribution in [0.15, 0.2) is 53.0 Å². The number of benzene rings is 2. The summed E-state index contributed by atoms with van der Waals surface area (Å²) in [5.41, 5.74) is 1.54. The lowest BCUT2D eigenvalue weighted by molar-refractivity contribution is -0.115. The summed E-state index contributed by atoms with van der Waals surface area (Å²) < 4.78 is 14.0. The fraction of sp³-hybridized carbons (Fsp3) is 0.188. The molecule has 2 N–H and O–H groups in total. The van der Waals surface area contributed by atoms with Gasteiger partial charge in [0.05, 0.1) is 6.54 Å². The van der Waals surface area contributed by atoms with Gasteiger partial charge in [0.25, 0.3) is 0 Å². The van der Waals surface area contributed by atoms with Crippen molar-refractivity contribution in [2.24, 2.45) is 0 Å². The van der Waals surface area contributed by atoms with E-state index in [1.165, 1.54) is 12.1 Å². The molecule has 0 fully saturated rings. The number of carbonyl (C=O) groups excluding carboxylic acids is 1. The summed E-state index contributed by atoms with van der Waals surface area (Å²) in [7, 11) is 0. The molecule has 2 aromatic carbocycles. The third-order valence-corrected chi connectivity index (χ3v) is 3.52. The van der Waals surface area contributed by atoms with Crippen molar-refractivity contribution in [3.63, 3.8) is 0 Å². The summed E-state index contributed by atoms with van der Waals surface area (Å²) in [5.74, 6) is -0.578. The summed E-state index contributed by atoms with van der Waals surface area (Å²) in [6.07, 6.45) is 0. The number of rotatable bonds is 5. The van der Waals surface area contributed by atoms with Gasteiger partial charge in [-0.25, -0.2) is 4.39 Å². The first-order chi connectivity index (χ1) is 10.0. The third-order valence-electron chi connectivity index (χ3n) is 3.03. The van der Waals surface area contributed by atoms with Crippen LogP contribution in [-0.4, -0.2) is 12.5 Å². The summed E-state index contributed by atoms with van der Waals surface area (Å²) >= 11 is 3.42. The Kier molecular flexibility index (Phi) is 5.47. The molecule has 5 heteroatoms. The van der Waals surface area contributed by atoms with E-state index in [0.717, 1.165) is 10.0 Å². The van der Waals surface area contributed by atoms with E-state index in [0.29, 0.717) is 5.69 Å². The molecule has 0 bridgehead atoms. The molecule has 3 nitrogen and oxygen atoms in total. The van der Waals surface area contributed by atoms with Crippen molar-refractivity contribution in [2.75, 3.05) is 11.9 Å². The van der Waals surface area contributed by atoms with Gasteiger partial charge in [0.15, 0.2) is 0 Å². The molecule has 0 aliphatic carbocycles. The van der Waals surface area contributed by atoms with Crippen LogP contribution in [0.5, 0.6) is 0 Å². The smallest absolute Gasteiger partial charge is 0.238 e. The zero-order chi connectivity index (χ0) is 15.2. The Hall–Kier alpha value is -1.72. The molecule has 0 aromatic heterocycles. The van der Waals surface area contributed by atoms with Crippen molar-refractivity contribution in [1.82, 2.24) is 5.32 Å². The molecule has 2 rings (SSSR count). The summed E-state index contributed by atoms with van der Waals surface area (Å²) in [5, 5.41) is 5.78. The van der Waals surface area contributed by atoms with Gasteiger partial charge in [-0.15, -0.1) is 0 Å². The Morgan fingerprint density at radius 1 is 1.24 bits per heavy atom. The van der Waals surface area contributed by atoms with Gasteiger partial charge in [0, 0.05) is 16.2 Å². The fourth-order valence-corrected chi connectivity index (χ4v) is 2.33. The maximum atomic E-state index is 13.0. The van der Waals surface area contributed by atoms with Gasteiger partial charge in [-0.05, 0) is 42.8 Å². The predicted molar refractivity (Wildman–Crippen MR) is 85.6 cm³/mol. The minimum Gasteiger partial charge on any atom is -0.325 e. The van der Waals surface area contributed by atoms with Crippen molar-refractivity contribution in [1.29, 1.82) is 0 Å². The second-order valence-electron chi connectivity index (χ2n) is 4.72. The molecule has 2 aromatic rings. The molecule has 1 amide bonds. The number of anilines is 1. The SMILES string of the molecule is C[C@H](NCC(=O)Nc1cccc(F)c1)c1cccc(Br)c1. The van der Waals surface area contributed by atoms with Crippen LogP contribution < -0.4 is 10.6 Å². The monoisotopic (exact) mass is 350 g/mol. The molecular formula is C16H16BrFN2O. The first kappa shape index (κ1) is 15.7. The highest BCUT2D eigenvalue weighted by atomic mass is 79.9.